The Balaban J connectivity index is 1.32. The zero-order valence-electron chi connectivity index (χ0n) is 24.1. The summed E-state index contributed by atoms with van der Waals surface area (Å²) in [6.07, 6.45) is 6.27. The first-order valence-electron chi connectivity index (χ1n) is 14.4. The number of hydrogen-bond donors (Lipinski definition) is 2. The molecular weight excluding hydrogens is 489 g/mol. The number of aromatic nitrogens is 1. The van der Waals surface area contributed by atoms with Gasteiger partial charge in [0.15, 0.2) is 0 Å². The Morgan fingerprint density at radius 3 is 2.54 bits per heavy atom. The largest absolute Gasteiger partial charge is 0.481 e. The fourth-order valence-electron chi connectivity index (χ4n) is 7.22. The van der Waals surface area contributed by atoms with Crippen molar-refractivity contribution in [3.05, 3.63) is 65.5 Å². The SMILES string of the molecule is Cc1ccccc1C(CC(=O)N[C@@H](CC(C)C)B1O[C@@H]2C[C@@H]3C[C@@H](C3(C)C)[C@]2(C)O1)NC(=O)c1cccnc1. The normalized spacial score (nSPS) is 28.3. The van der Waals surface area contributed by atoms with Gasteiger partial charge in [-0.15, -0.1) is 0 Å². The third-order valence-electron chi connectivity index (χ3n) is 9.55. The van der Waals surface area contributed by atoms with Crippen LogP contribution in [-0.2, 0) is 14.1 Å². The van der Waals surface area contributed by atoms with Crippen molar-refractivity contribution in [2.24, 2.45) is 23.2 Å². The lowest BCUT2D eigenvalue weighted by atomic mass is 9.43. The van der Waals surface area contributed by atoms with Crippen molar-refractivity contribution in [3.63, 3.8) is 0 Å². The molecule has 1 aromatic carbocycles. The molecule has 7 nitrogen and oxygen atoms in total. The van der Waals surface area contributed by atoms with Gasteiger partial charge in [-0.1, -0.05) is 52.0 Å². The van der Waals surface area contributed by atoms with Crippen LogP contribution in [0, 0.1) is 30.1 Å². The molecule has 1 aliphatic heterocycles. The molecule has 8 heteroatoms. The molecule has 6 atom stereocenters. The summed E-state index contributed by atoms with van der Waals surface area (Å²) >= 11 is 0. The molecule has 6 rings (SSSR count). The maximum atomic E-state index is 13.6. The number of nitrogens with one attached hydrogen (secondary N) is 2. The third-order valence-corrected chi connectivity index (χ3v) is 9.55. The first-order chi connectivity index (χ1) is 18.5. The molecule has 0 radical (unpaired) electrons. The summed E-state index contributed by atoms with van der Waals surface area (Å²) in [5, 5.41) is 6.32. The number of nitrogens with zero attached hydrogens (tertiary/aromatic N) is 1. The summed E-state index contributed by atoms with van der Waals surface area (Å²) in [6, 6.07) is 10.8. The lowest BCUT2D eigenvalue weighted by Crippen LogP contribution is -2.65. The highest BCUT2D eigenvalue weighted by atomic mass is 16.7. The maximum absolute atomic E-state index is 13.6. The number of amides is 2. The van der Waals surface area contributed by atoms with E-state index in [0.29, 0.717) is 23.3 Å². The van der Waals surface area contributed by atoms with E-state index in [-0.39, 0.29) is 41.3 Å². The summed E-state index contributed by atoms with van der Waals surface area (Å²) in [5.74, 6) is 0.801. The van der Waals surface area contributed by atoms with Gasteiger partial charge in [-0.3, -0.25) is 14.6 Å². The Kier molecular flexibility index (Phi) is 7.64. The number of hydrogen-bond acceptors (Lipinski definition) is 5. The van der Waals surface area contributed by atoms with Crippen LogP contribution in [-0.4, -0.2) is 41.6 Å². The number of aryl methyl sites for hydroxylation is 1. The second-order valence-electron chi connectivity index (χ2n) is 13.0. The Bertz CT molecular complexity index is 1210. The highest BCUT2D eigenvalue weighted by Gasteiger charge is 2.68. The van der Waals surface area contributed by atoms with E-state index in [1.807, 2.05) is 31.2 Å². The Morgan fingerprint density at radius 2 is 1.87 bits per heavy atom. The topological polar surface area (TPSA) is 89.5 Å². The Morgan fingerprint density at radius 1 is 1.10 bits per heavy atom. The van der Waals surface area contributed by atoms with Crippen LogP contribution in [0.15, 0.2) is 48.8 Å². The molecule has 3 saturated carbocycles. The molecular formula is C31H42BN3O4. The van der Waals surface area contributed by atoms with Crippen molar-refractivity contribution < 1.29 is 18.9 Å². The van der Waals surface area contributed by atoms with E-state index in [1.54, 1.807) is 18.3 Å². The smallest absolute Gasteiger partial charge is 0.404 e. The molecule has 3 aliphatic carbocycles. The monoisotopic (exact) mass is 531 g/mol. The maximum Gasteiger partial charge on any atom is 0.481 e. The molecule has 2 N–H and O–H groups in total. The Hall–Kier alpha value is -2.71. The van der Waals surface area contributed by atoms with Crippen LogP contribution in [0.4, 0.5) is 0 Å². The van der Waals surface area contributed by atoms with Gasteiger partial charge < -0.3 is 19.9 Å². The van der Waals surface area contributed by atoms with E-state index in [4.69, 9.17) is 9.31 Å². The summed E-state index contributed by atoms with van der Waals surface area (Å²) in [7, 11) is -0.483. The lowest BCUT2D eigenvalue weighted by molar-refractivity contribution is -0.199. The van der Waals surface area contributed by atoms with E-state index in [0.717, 1.165) is 24.0 Å². The van der Waals surface area contributed by atoms with Gasteiger partial charge in [0.1, 0.15) is 0 Å². The highest BCUT2D eigenvalue weighted by molar-refractivity contribution is 6.47. The summed E-state index contributed by atoms with van der Waals surface area (Å²) in [5.41, 5.74) is 2.32. The van der Waals surface area contributed by atoms with Crippen molar-refractivity contribution >= 4 is 18.9 Å². The molecule has 0 spiro atoms. The zero-order chi connectivity index (χ0) is 27.9. The van der Waals surface area contributed by atoms with Gasteiger partial charge in [-0.05, 0) is 79.5 Å². The number of carbonyl (C=O) groups is 2. The van der Waals surface area contributed by atoms with Crippen molar-refractivity contribution in [2.45, 2.75) is 90.9 Å². The molecule has 2 bridgehead atoms. The molecule has 2 aromatic rings. The summed E-state index contributed by atoms with van der Waals surface area (Å²) < 4.78 is 13.3. The quantitative estimate of drug-likeness (QED) is 0.442. The van der Waals surface area contributed by atoms with Gasteiger partial charge in [0.05, 0.1) is 35.7 Å². The molecule has 39 heavy (non-hydrogen) atoms. The minimum absolute atomic E-state index is 0.0596. The van der Waals surface area contributed by atoms with E-state index >= 15 is 0 Å². The van der Waals surface area contributed by atoms with Gasteiger partial charge in [0, 0.05) is 12.4 Å². The van der Waals surface area contributed by atoms with Crippen LogP contribution in [0.1, 0.15) is 87.8 Å². The predicted octanol–water partition coefficient (Wildman–Crippen LogP) is 5.05. The number of pyridine rings is 1. The molecule has 4 aliphatic rings. The molecule has 1 aromatic heterocycles. The average Bonchev–Trinajstić information content (AvgIpc) is 3.25. The predicted molar refractivity (Wildman–Crippen MR) is 152 cm³/mol. The van der Waals surface area contributed by atoms with Crippen molar-refractivity contribution in [1.29, 1.82) is 0 Å². The first-order valence-corrected chi connectivity index (χ1v) is 14.4. The third kappa shape index (κ3) is 5.38. The fourth-order valence-corrected chi connectivity index (χ4v) is 7.22. The van der Waals surface area contributed by atoms with Gasteiger partial charge in [-0.2, -0.15) is 0 Å². The van der Waals surface area contributed by atoms with Gasteiger partial charge in [0.25, 0.3) is 5.91 Å². The first kappa shape index (κ1) is 27.8. The van der Waals surface area contributed by atoms with Gasteiger partial charge >= 0.3 is 7.12 Å². The van der Waals surface area contributed by atoms with Gasteiger partial charge in [0.2, 0.25) is 5.91 Å². The van der Waals surface area contributed by atoms with Gasteiger partial charge in [-0.25, -0.2) is 0 Å². The molecule has 2 heterocycles. The summed E-state index contributed by atoms with van der Waals surface area (Å²) in [4.78, 5) is 30.7. The van der Waals surface area contributed by atoms with Crippen molar-refractivity contribution in [2.75, 3.05) is 0 Å². The van der Waals surface area contributed by atoms with Crippen LogP contribution >= 0.6 is 0 Å². The van der Waals surface area contributed by atoms with E-state index in [9.17, 15) is 9.59 Å². The Labute approximate surface area is 233 Å². The molecule has 4 fully saturated rings. The van der Waals surface area contributed by atoms with E-state index in [2.05, 4.69) is 50.2 Å². The van der Waals surface area contributed by atoms with Crippen molar-refractivity contribution in [1.82, 2.24) is 15.6 Å². The highest BCUT2D eigenvalue weighted by Crippen LogP contribution is 2.65. The summed E-state index contributed by atoms with van der Waals surface area (Å²) in [6.45, 7) is 13.2. The second kappa shape index (κ2) is 10.7. The molecule has 1 saturated heterocycles. The van der Waals surface area contributed by atoms with Crippen molar-refractivity contribution in [3.8, 4) is 0 Å². The van der Waals surface area contributed by atoms with E-state index < -0.39 is 13.2 Å². The standard InChI is InChI=1S/C31H42BN3O4/c1-19(2)14-27(32-38-26-16-22-15-25(30(22,4)5)31(26,6)39-32)35-28(36)17-24(23-12-8-7-10-20(23)3)34-29(37)21-11-9-13-33-18-21/h7-13,18-19,22,24-27H,14-17H2,1-6H3,(H,34,37)(H,35,36)/t22-,24?,25-,26+,27-,31-/m0/s1. The van der Waals surface area contributed by atoms with Crippen LogP contribution in [0.5, 0.6) is 0 Å². The van der Waals surface area contributed by atoms with Crippen LogP contribution in [0.2, 0.25) is 0 Å². The number of benzene rings is 1. The second-order valence-corrected chi connectivity index (χ2v) is 13.0. The lowest BCUT2D eigenvalue weighted by Gasteiger charge is -2.64. The van der Waals surface area contributed by atoms with E-state index in [1.165, 1.54) is 12.6 Å². The molecule has 2 amide bonds. The zero-order valence-corrected chi connectivity index (χ0v) is 24.1. The fraction of sp³-hybridized carbons (Fsp3) is 0.581. The number of carbonyl (C=O) groups excluding carboxylic acids is 2. The number of rotatable bonds is 9. The molecule has 1 unspecified atom stereocenters. The van der Waals surface area contributed by atoms with Crippen LogP contribution < -0.4 is 10.6 Å². The van der Waals surface area contributed by atoms with Crippen LogP contribution in [0.3, 0.4) is 0 Å². The molecule has 208 valence electrons. The van der Waals surface area contributed by atoms with Crippen LogP contribution in [0.25, 0.3) is 0 Å². The average molecular weight is 532 g/mol. The minimum atomic E-state index is -0.489. The minimum Gasteiger partial charge on any atom is -0.404 e.